The van der Waals surface area contributed by atoms with Crippen molar-refractivity contribution < 1.29 is 0 Å². The van der Waals surface area contributed by atoms with Crippen LogP contribution in [0, 0.1) is 0 Å². The minimum absolute atomic E-state index is 1.32. The molecule has 0 saturated carbocycles. The molecule has 0 radical (unpaired) electrons. The van der Waals surface area contributed by atoms with E-state index < -0.39 is 5.96 Å². The van der Waals surface area contributed by atoms with E-state index in [0.717, 1.165) is 0 Å². The quantitative estimate of drug-likeness (QED) is 0.128. The van der Waals surface area contributed by atoms with E-state index in [1.165, 1.54) is 134 Å². The molecule has 0 spiro atoms. The van der Waals surface area contributed by atoms with Crippen LogP contribution >= 0.6 is 17.2 Å². The van der Waals surface area contributed by atoms with Gasteiger partial charge in [0.15, 0.2) is 0 Å². The Bertz CT molecular complexity index is 286. The van der Waals surface area contributed by atoms with Gasteiger partial charge in [0, 0.05) is 0 Å². The minimum atomic E-state index is -2.01. The fourth-order valence-electron chi connectivity index (χ4n) is 4.58. The first-order chi connectivity index (χ1) is 13.0. The van der Waals surface area contributed by atoms with Crippen molar-refractivity contribution in [2.75, 3.05) is 24.6 Å². The van der Waals surface area contributed by atoms with Gasteiger partial charge in [0.05, 0.1) is 0 Å². The first kappa shape index (κ1) is 27.7. The summed E-state index contributed by atoms with van der Waals surface area (Å²) in [6, 6.07) is 0. The number of halogens is 1. The average molecular weight is 421 g/mol. The van der Waals surface area contributed by atoms with Crippen molar-refractivity contribution in [2.45, 2.75) is 137 Å². The van der Waals surface area contributed by atoms with E-state index in [9.17, 15) is 0 Å². The maximum absolute atomic E-state index is 7.82. The van der Waals surface area contributed by atoms with E-state index in [1.54, 1.807) is 0 Å². The Morgan fingerprint density at radius 1 is 0.370 bits per heavy atom. The Morgan fingerprint density at radius 2 is 0.593 bits per heavy atom. The van der Waals surface area contributed by atoms with Crippen molar-refractivity contribution >= 4 is 17.2 Å². The summed E-state index contributed by atoms with van der Waals surface area (Å²) in [5.41, 5.74) is 0. The summed E-state index contributed by atoms with van der Waals surface area (Å²) in [5, 5.41) is 0. The van der Waals surface area contributed by atoms with E-state index in [0.29, 0.717) is 0 Å². The van der Waals surface area contributed by atoms with Gasteiger partial charge in [-0.15, -0.1) is 0 Å². The van der Waals surface area contributed by atoms with Crippen molar-refractivity contribution in [2.24, 2.45) is 0 Å². The third-order valence-electron chi connectivity index (χ3n) is 6.53. The number of hydrogen-bond acceptors (Lipinski definition) is 0. The van der Waals surface area contributed by atoms with Crippen molar-refractivity contribution in [3.05, 3.63) is 0 Å². The van der Waals surface area contributed by atoms with Crippen LogP contribution in [0.5, 0.6) is 0 Å². The van der Waals surface area contributed by atoms with Crippen LogP contribution in [0.2, 0.25) is 0 Å². The summed E-state index contributed by atoms with van der Waals surface area (Å²) in [6.45, 7) is 9.29. The molecule has 0 saturated heterocycles. The second-order valence-corrected chi connectivity index (χ2v) is 17.6. The van der Waals surface area contributed by atoms with E-state index in [2.05, 4.69) is 27.7 Å². The van der Waals surface area contributed by atoms with Gasteiger partial charge in [-0.25, -0.2) is 0 Å². The van der Waals surface area contributed by atoms with Crippen LogP contribution in [-0.2, 0) is 0 Å². The molecule has 0 aromatic carbocycles. The van der Waals surface area contributed by atoms with Gasteiger partial charge < -0.3 is 0 Å². The summed E-state index contributed by atoms with van der Waals surface area (Å²) in [6.07, 6.45) is 29.2. The molecule has 0 heterocycles. The Labute approximate surface area is 178 Å². The van der Waals surface area contributed by atoms with Gasteiger partial charge in [-0.2, -0.15) is 0 Å². The molecule has 0 aliphatic heterocycles. The molecule has 0 rings (SSSR count). The topological polar surface area (TPSA) is 0 Å². The van der Waals surface area contributed by atoms with Gasteiger partial charge in [0.1, 0.15) is 0 Å². The Balaban J connectivity index is 4.67. The third kappa shape index (κ3) is 14.4. The van der Waals surface area contributed by atoms with Crippen LogP contribution in [0.15, 0.2) is 0 Å². The van der Waals surface area contributed by atoms with Crippen molar-refractivity contribution in [1.29, 1.82) is 0 Å². The molecular weight excluding hydrogens is 367 g/mol. The number of unbranched alkanes of at least 4 members (excludes halogenated alkanes) is 13. The molecular formula is C25H54ClP. The summed E-state index contributed by atoms with van der Waals surface area (Å²) in [5.74, 6) is -2.01. The second kappa shape index (κ2) is 17.6. The molecule has 27 heavy (non-hydrogen) atoms. The van der Waals surface area contributed by atoms with Crippen LogP contribution in [0.25, 0.3) is 0 Å². The van der Waals surface area contributed by atoms with Gasteiger partial charge in [0.25, 0.3) is 0 Å². The van der Waals surface area contributed by atoms with Crippen molar-refractivity contribution in [1.82, 2.24) is 0 Å². The number of hydrogen-bond donors (Lipinski definition) is 0. The molecule has 0 atom stereocenters. The fourth-order valence-corrected chi connectivity index (χ4v) is 11.4. The van der Waals surface area contributed by atoms with E-state index in [-0.39, 0.29) is 0 Å². The van der Waals surface area contributed by atoms with Gasteiger partial charge in [-0.05, 0) is 0 Å². The zero-order valence-electron chi connectivity index (χ0n) is 19.7. The maximum atomic E-state index is 7.82. The zero-order chi connectivity index (χ0) is 20.3. The molecule has 166 valence electrons. The van der Waals surface area contributed by atoms with Crippen LogP contribution in [-0.4, -0.2) is 24.6 Å². The third-order valence-corrected chi connectivity index (χ3v) is 14.3. The predicted molar refractivity (Wildman–Crippen MR) is 133 cm³/mol. The van der Waals surface area contributed by atoms with Crippen molar-refractivity contribution in [3.8, 4) is 0 Å². The molecule has 0 unspecified atom stereocenters. The van der Waals surface area contributed by atoms with Crippen LogP contribution in [0.1, 0.15) is 137 Å². The molecule has 0 bridgehead atoms. The molecule has 0 aromatic rings. The number of rotatable bonds is 21. The van der Waals surface area contributed by atoms with E-state index >= 15 is 0 Å². The predicted octanol–water partition coefficient (Wildman–Crippen LogP) is 10.4. The molecule has 0 aromatic heterocycles. The van der Waals surface area contributed by atoms with E-state index in [1.807, 2.05) is 0 Å². The Morgan fingerprint density at radius 3 is 0.926 bits per heavy atom. The Hall–Kier alpha value is 0.720. The van der Waals surface area contributed by atoms with Gasteiger partial charge >= 0.3 is 179 Å². The zero-order valence-corrected chi connectivity index (χ0v) is 21.3. The standard InChI is InChI=1S/C25H54ClP/c1-5-9-13-14-15-16-17-21-25-27(26,22-18-10-6-2,23-19-11-7-3)24-20-12-8-4/h5-25H2,1-4H3. The monoisotopic (exact) mass is 420 g/mol. The first-order valence-electron chi connectivity index (χ1n) is 12.8. The van der Waals surface area contributed by atoms with Gasteiger partial charge in [-0.3, -0.25) is 0 Å². The molecule has 0 aliphatic rings. The van der Waals surface area contributed by atoms with Gasteiger partial charge in [-0.1, -0.05) is 0 Å². The SMILES string of the molecule is CCCCCCCCCCP(Cl)(CCCCC)(CCCCC)CCCCC. The molecule has 0 N–H and O–H groups in total. The van der Waals surface area contributed by atoms with Crippen molar-refractivity contribution in [3.63, 3.8) is 0 Å². The molecule has 0 nitrogen and oxygen atoms in total. The summed E-state index contributed by atoms with van der Waals surface area (Å²) >= 11 is 7.82. The fraction of sp³-hybridized carbons (Fsp3) is 1.00. The normalized spacial score (nSPS) is 13.6. The molecule has 0 fully saturated rings. The van der Waals surface area contributed by atoms with E-state index in [4.69, 9.17) is 11.2 Å². The van der Waals surface area contributed by atoms with Gasteiger partial charge in [0.2, 0.25) is 0 Å². The average Bonchev–Trinajstić information content (AvgIpc) is 2.65. The molecule has 2 heteroatoms. The van der Waals surface area contributed by atoms with Crippen LogP contribution in [0.4, 0.5) is 0 Å². The van der Waals surface area contributed by atoms with Crippen LogP contribution in [0.3, 0.4) is 0 Å². The summed E-state index contributed by atoms with van der Waals surface area (Å²) < 4.78 is 0. The summed E-state index contributed by atoms with van der Waals surface area (Å²) in [4.78, 5) is 0. The second-order valence-electron chi connectivity index (χ2n) is 9.31. The molecule has 0 aliphatic carbocycles. The van der Waals surface area contributed by atoms with Crippen LogP contribution < -0.4 is 0 Å². The molecule has 0 amide bonds. The Kier molecular flexibility index (Phi) is 18.0. The summed E-state index contributed by atoms with van der Waals surface area (Å²) in [7, 11) is 0. The first-order valence-corrected chi connectivity index (χ1v) is 16.6.